The number of amides is 1. The summed E-state index contributed by atoms with van der Waals surface area (Å²) in [7, 11) is 0. The van der Waals surface area contributed by atoms with E-state index in [4.69, 9.17) is 10.5 Å². The number of ether oxygens (including phenoxy) is 1. The average Bonchev–Trinajstić information content (AvgIpc) is 2.75. The van der Waals surface area contributed by atoms with Gasteiger partial charge in [0, 0.05) is 49.9 Å². The first-order valence-corrected chi connectivity index (χ1v) is 11.7. The van der Waals surface area contributed by atoms with E-state index in [1.165, 1.54) is 5.56 Å². The van der Waals surface area contributed by atoms with Crippen LogP contribution >= 0.6 is 0 Å². The number of nitrogens with one attached hydrogen (secondary N) is 1. The topological polar surface area (TPSA) is 96.6 Å². The molecule has 0 aliphatic carbocycles. The zero-order valence-electron chi connectivity index (χ0n) is 19.6. The van der Waals surface area contributed by atoms with Gasteiger partial charge in [0.15, 0.2) is 0 Å². The van der Waals surface area contributed by atoms with Gasteiger partial charge in [0.1, 0.15) is 5.82 Å². The molecule has 8 nitrogen and oxygen atoms in total. The molecule has 2 aromatic rings. The molecule has 1 spiro atoms. The minimum atomic E-state index is 0.213. The van der Waals surface area contributed by atoms with E-state index in [2.05, 4.69) is 51.4 Å². The number of nitrogens with zero attached hydrogens (tertiary/aromatic N) is 4. The maximum absolute atomic E-state index is 11.7. The van der Waals surface area contributed by atoms with E-state index in [1.807, 2.05) is 13.0 Å². The predicted molar refractivity (Wildman–Crippen MR) is 130 cm³/mol. The van der Waals surface area contributed by atoms with Gasteiger partial charge in [-0.05, 0) is 30.5 Å². The molecule has 0 radical (unpaired) electrons. The molecule has 176 valence electrons. The van der Waals surface area contributed by atoms with Crippen LogP contribution in [-0.4, -0.2) is 59.0 Å². The molecule has 4 rings (SSSR count). The molecule has 1 aromatic carbocycles. The monoisotopic (exact) mass is 450 g/mol. The Morgan fingerprint density at radius 2 is 1.94 bits per heavy atom. The Balaban J connectivity index is 1.33. The molecule has 2 aliphatic rings. The van der Waals surface area contributed by atoms with Crippen molar-refractivity contribution in [2.24, 2.45) is 5.41 Å². The van der Waals surface area contributed by atoms with Gasteiger partial charge in [-0.3, -0.25) is 9.69 Å². The fraction of sp³-hybridized carbons (Fsp3) is 0.480. The van der Waals surface area contributed by atoms with Gasteiger partial charge >= 0.3 is 0 Å². The highest BCUT2D eigenvalue weighted by molar-refractivity contribution is 5.61. The van der Waals surface area contributed by atoms with Gasteiger partial charge in [-0.2, -0.15) is 4.98 Å². The summed E-state index contributed by atoms with van der Waals surface area (Å²) in [6.07, 6.45) is 6.53. The molecule has 2 aliphatic heterocycles. The van der Waals surface area contributed by atoms with E-state index >= 15 is 0 Å². The molecule has 2 fully saturated rings. The van der Waals surface area contributed by atoms with Crippen molar-refractivity contribution in [3.8, 4) is 0 Å². The van der Waals surface area contributed by atoms with Crippen LogP contribution in [0.25, 0.3) is 6.08 Å². The summed E-state index contributed by atoms with van der Waals surface area (Å²) in [6.45, 7) is 10.5. The van der Waals surface area contributed by atoms with E-state index in [9.17, 15) is 4.79 Å². The van der Waals surface area contributed by atoms with Crippen LogP contribution in [0.1, 0.15) is 42.1 Å². The average molecular weight is 451 g/mol. The third-order valence-electron chi connectivity index (χ3n) is 6.31. The van der Waals surface area contributed by atoms with Gasteiger partial charge in [-0.25, -0.2) is 4.98 Å². The second kappa shape index (κ2) is 10.3. The third-order valence-corrected chi connectivity index (χ3v) is 6.31. The smallest absolute Gasteiger partial charge is 0.222 e. The number of nitrogens with two attached hydrogens (primary N) is 1. The Morgan fingerprint density at radius 1 is 1.21 bits per heavy atom. The Hall–Kier alpha value is -2.97. The Kier molecular flexibility index (Phi) is 7.25. The lowest BCUT2D eigenvalue weighted by Crippen LogP contribution is -2.65. The molecule has 2 saturated heterocycles. The van der Waals surface area contributed by atoms with Gasteiger partial charge < -0.3 is 20.7 Å². The fourth-order valence-corrected chi connectivity index (χ4v) is 4.37. The van der Waals surface area contributed by atoms with E-state index in [0.717, 1.165) is 75.6 Å². The Bertz CT molecular complexity index is 979. The molecule has 1 aromatic heterocycles. The highest BCUT2D eigenvalue weighted by atomic mass is 16.5. The molecular formula is C25H34N6O2. The van der Waals surface area contributed by atoms with Crippen molar-refractivity contribution in [3.05, 3.63) is 52.8 Å². The van der Waals surface area contributed by atoms with Gasteiger partial charge in [0.2, 0.25) is 12.4 Å². The summed E-state index contributed by atoms with van der Waals surface area (Å²) in [4.78, 5) is 24.4. The number of benzene rings is 1. The number of nitrogen functional groups attached to an aromatic ring is 1. The quantitative estimate of drug-likeness (QED) is 0.401. The highest BCUT2D eigenvalue weighted by Gasteiger charge is 2.48. The summed E-state index contributed by atoms with van der Waals surface area (Å²) in [5, 5.41) is 3.32. The molecule has 0 saturated carbocycles. The van der Waals surface area contributed by atoms with Crippen LogP contribution in [0.15, 0.2) is 30.5 Å². The van der Waals surface area contributed by atoms with Crippen molar-refractivity contribution >= 4 is 24.3 Å². The molecular weight excluding hydrogens is 416 g/mol. The number of hydrogen-bond acceptors (Lipinski definition) is 7. The summed E-state index contributed by atoms with van der Waals surface area (Å²) >= 11 is 0. The van der Waals surface area contributed by atoms with Crippen molar-refractivity contribution in [3.63, 3.8) is 0 Å². The van der Waals surface area contributed by atoms with E-state index < -0.39 is 0 Å². The van der Waals surface area contributed by atoms with Gasteiger partial charge in [0.05, 0.1) is 18.9 Å². The zero-order chi connectivity index (χ0) is 23.3. The van der Waals surface area contributed by atoms with Gasteiger partial charge in [-0.1, -0.05) is 37.6 Å². The van der Waals surface area contributed by atoms with E-state index in [-0.39, 0.29) is 5.95 Å². The number of anilines is 2. The van der Waals surface area contributed by atoms with Gasteiger partial charge in [0.25, 0.3) is 0 Å². The number of aromatic nitrogens is 2. The summed E-state index contributed by atoms with van der Waals surface area (Å²) in [5.74, 6) is 0.951. The number of unbranched alkanes of at least 4 members (excludes halogenated alkanes) is 1. The van der Waals surface area contributed by atoms with Crippen LogP contribution in [0.5, 0.6) is 0 Å². The van der Waals surface area contributed by atoms with Crippen LogP contribution in [0.3, 0.4) is 0 Å². The molecule has 0 atom stereocenters. The molecule has 1 amide bonds. The van der Waals surface area contributed by atoms with Crippen molar-refractivity contribution in [2.75, 3.05) is 43.9 Å². The maximum Gasteiger partial charge on any atom is 0.222 e. The minimum absolute atomic E-state index is 0.213. The first-order chi connectivity index (χ1) is 16.0. The second-order valence-corrected chi connectivity index (χ2v) is 9.27. The van der Waals surface area contributed by atoms with Gasteiger partial charge in [-0.15, -0.1) is 0 Å². The van der Waals surface area contributed by atoms with Crippen molar-refractivity contribution in [1.82, 2.24) is 19.8 Å². The van der Waals surface area contributed by atoms with Crippen LogP contribution in [0.4, 0.5) is 11.8 Å². The summed E-state index contributed by atoms with van der Waals surface area (Å²) in [6, 6.07) is 8.47. The molecule has 8 heteroatoms. The molecule has 3 N–H and O–H groups in total. The standard InChI is InChI=1S/C25H34N6O2/c1-3-4-10-27-23-19(2)22(28-24(26)29-23)9-11-30(18-32)12-20-5-7-21(8-6-20)13-31-14-25(15-31)16-33-17-25/h5-9,11,18H,3-4,10,12-17H2,1-2H3,(H3,26,27,28,29)/b11-9-. The fourth-order valence-electron chi connectivity index (χ4n) is 4.37. The summed E-state index contributed by atoms with van der Waals surface area (Å²) < 4.78 is 5.35. The summed E-state index contributed by atoms with van der Waals surface area (Å²) in [5.41, 5.74) is 10.3. The molecule has 0 unspecified atom stereocenters. The van der Waals surface area contributed by atoms with Crippen LogP contribution in [-0.2, 0) is 22.6 Å². The number of likely N-dealkylation sites (tertiary alicyclic amines) is 1. The van der Waals surface area contributed by atoms with Crippen LogP contribution in [0, 0.1) is 12.3 Å². The minimum Gasteiger partial charge on any atom is -0.380 e. The third kappa shape index (κ3) is 5.69. The van der Waals surface area contributed by atoms with E-state index in [0.29, 0.717) is 17.7 Å². The first-order valence-electron chi connectivity index (χ1n) is 11.7. The lowest BCUT2D eigenvalue weighted by atomic mass is 9.78. The zero-order valence-corrected chi connectivity index (χ0v) is 19.6. The Morgan fingerprint density at radius 3 is 2.58 bits per heavy atom. The lowest BCUT2D eigenvalue weighted by Gasteiger charge is -2.55. The van der Waals surface area contributed by atoms with E-state index in [1.54, 1.807) is 11.1 Å². The highest BCUT2D eigenvalue weighted by Crippen LogP contribution is 2.38. The lowest BCUT2D eigenvalue weighted by molar-refractivity contribution is -0.191. The molecule has 3 heterocycles. The SMILES string of the molecule is CCCCNc1nc(N)nc(/C=C\N(C=O)Cc2ccc(CN3CC4(COC4)C3)cc2)c1C. The number of carbonyl (C=O) groups excluding carboxylic acids is 1. The molecule has 0 bridgehead atoms. The maximum atomic E-state index is 11.7. The van der Waals surface area contributed by atoms with Crippen LogP contribution in [0.2, 0.25) is 0 Å². The first kappa shape index (κ1) is 23.2. The normalized spacial score (nSPS) is 17.0. The number of carbonyl (C=O) groups is 1. The van der Waals surface area contributed by atoms with Crippen molar-refractivity contribution in [1.29, 1.82) is 0 Å². The predicted octanol–water partition coefficient (Wildman–Crippen LogP) is 3.04. The van der Waals surface area contributed by atoms with Crippen molar-refractivity contribution < 1.29 is 9.53 Å². The largest absolute Gasteiger partial charge is 0.380 e. The molecule has 33 heavy (non-hydrogen) atoms. The van der Waals surface area contributed by atoms with Crippen LogP contribution < -0.4 is 11.1 Å². The number of rotatable bonds is 11. The second-order valence-electron chi connectivity index (χ2n) is 9.27. The number of hydrogen-bond donors (Lipinski definition) is 2. The Labute approximate surface area is 195 Å². The van der Waals surface area contributed by atoms with Crippen molar-refractivity contribution in [2.45, 2.75) is 39.8 Å².